The van der Waals surface area contributed by atoms with Crippen LogP contribution < -0.4 is 10.2 Å². The third-order valence-corrected chi connectivity index (χ3v) is 4.79. The van der Waals surface area contributed by atoms with Crippen molar-refractivity contribution in [3.05, 3.63) is 70.0 Å². The molecule has 0 aliphatic heterocycles. The molecule has 5 heteroatoms. The highest BCUT2D eigenvalue weighted by molar-refractivity contribution is 6.02. The van der Waals surface area contributed by atoms with E-state index < -0.39 is 0 Å². The Morgan fingerprint density at radius 1 is 1.04 bits per heavy atom. The molecule has 1 heterocycles. The van der Waals surface area contributed by atoms with Crippen molar-refractivity contribution in [1.29, 1.82) is 0 Å². The number of hydrogen-bond donors (Lipinski definition) is 1. The molecule has 3 rings (SSSR count). The highest BCUT2D eigenvalue weighted by Gasteiger charge is 2.18. The highest BCUT2D eigenvalue weighted by atomic mass is 16.5. The zero-order valence-electron chi connectivity index (χ0n) is 16.7. The normalized spacial score (nSPS) is 10.7. The van der Waals surface area contributed by atoms with E-state index in [1.807, 2.05) is 32.9 Å². The summed E-state index contributed by atoms with van der Waals surface area (Å²) in [6, 6.07) is 11.7. The number of nitrogens with zero attached hydrogens (tertiary/aromatic N) is 2. The summed E-state index contributed by atoms with van der Waals surface area (Å²) in [6.45, 7) is 9.89. The zero-order chi connectivity index (χ0) is 19.7. The van der Waals surface area contributed by atoms with Gasteiger partial charge in [-0.05, 0) is 58.9 Å². The third-order valence-electron chi connectivity index (χ3n) is 4.79. The summed E-state index contributed by atoms with van der Waals surface area (Å²) in [6.07, 6.45) is 0. The Hall–Kier alpha value is -3.08. The van der Waals surface area contributed by atoms with Gasteiger partial charge in [-0.15, -0.1) is 0 Å². The van der Waals surface area contributed by atoms with Gasteiger partial charge in [-0.25, -0.2) is 9.66 Å². The van der Waals surface area contributed by atoms with Gasteiger partial charge in [0, 0.05) is 16.7 Å². The number of nitrogens with one attached hydrogen (secondary N) is 1. The molecule has 1 amide bonds. The molecule has 0 fully saturated rings. The van der Waals surface area contributed by atoms with E-state index in [1.54, 1.807) is 17.9 Å². The summed E-state index contributed by atoms with van der Waals surface area (Å²) < 4.78 is 7.10. The molecular weight excluding hydrogens is 338 g/mol. The van der Waals surface area contributed by atoms with Crippen LogP contribution >= 0.6 is 0 Å². The lowest BCUT2D eigenvalue weighted by Crippen LogP contribution is -2.25. The van der Waals surface area contributed by atoms with E-state index in [1.165, 1.54) is 0 Å². The fourth-order valence-electron chi connectivity index (χ4n) is 3.29. The molecule has 0 saturated carbocycles. The van der Waals surface area contributed by atoms with Gasteiger partial charge in [0.05, 0.1) is 18.5 Å². The van der Waals surface area contributed by atoms with Gasteiger partial charge in [0.15, 0.2) is 5.82 Å². The molecule has 5 nitrogen and oxygen atoms in total. The maximum atomic E-state index is 13.0. The lowest BCUT2D eigenvalue weighted by Gasteiger charge is -2.15. The average molecular weight is 363 g/mol. The Bertz CT molecular complexity index is 998. The number of hydrogen-bond acceptors (Lipinski definition) is 3. The maximum absolute atomic E-state index is 13.0. The van der Waals surface area contributed by atoms with Gasteiger partial charge in [-0.2, -0.15) is 0 Å². The first-order chi connectivity index (χ1) is 12.8. The fourth-order valence-corrected chi connectivity index (χ4v) is 3.29. The summed E-state index contributed by atoms with van der Waals surface area (Å²) >= 11 is 0. The van der Waals surface area contributed by atoms with E-state index >= 15 is 0 Å². The van der Waals surface area contributed by atoms with Gasteiger partial charge in [-0.3, -0.25) is 10.2 Å². The summed E-state index contributed by atoms with van der Waals surface area (Å²) in [5.41, 5.74) is 9.46. The molecule has 0 radical (unpaired) electrons. The summed E-state index contributed by atoms with van der Waals surface area (Å²) in [5, 5.41) is 0. The predicted molar refractivity (Wildman–Crippen MR) is 108 cm³/mol. The minimum absolute atomic E-state index is 0.197. The van der Waals surface area contributed by atoms with Crippen molar-refractivity contribution < 1.29 is 9.53 Å². The SMILES string of the molecule is COc1cccc(C(=O)Nn2c(-c3cc(C)cc(C)c3)nc(C)c2C)c1C. The molecule has 0 aliphatic carbocycles. The van der Waals surface area contributed by atoms with Gasteiger partial charge in [0.25, 0.3) is 5.91 Å². The molecule has 0 saturated heterocycles. The standard InChI is InChI=1S/C22H25N3O2/c1-13-10-14(2)12-18(11-13)21-23-16(4)17(5)25(21)24-22(26)19-8-7-9-20(27-6)15(19)3/h7-12H,1-6H3,(H,24,26). The number of imidazole rings is 1. The van der Waals surface area contributed by atoms with Gasteiger partial charge in [-0.1, -0.05) is 23.3 Å². The Morgan fingerprint density at radius 2 is 1.70 bits per heavy atom. The van der Waals surface area contributed by atoms with Gasteiger partial charge < -0.3 is 4.74 Å². The number of methoxy groups -OCH3 is 1. The van der Waals surface area contributed by atoms with Gasteiger partial charge in [0.2, 0.25) is 0 Å². The molecule has 0 atom stereocenters. The number of benzene rings is 2. The van der Waals surface area contributed by atoms with Crippen LogP contribution in [0.1, 0.15) is 38.4 Å². The van der Waals surface area contributed by atoms with Crippen molar-refractivity contribution in [2.45, 2.75) is 34.6 Å². The first-order valence-electron chi connectivity index (χ1n) is 8.91. The molecule has 0 aliphatic rings. The Balaban J connectivity index is 2.04. The van der Waals surface area contributed by atoms with E-state index in [0.29, 0.717) is 11.3 Å². The Labute approximate surface area is 160 Å². The van der Waals surface area contributed by atoms with Crippen LogP contribution in [0.4, 0.5) is 0 Å². The second-order valence-electron chi connectivity index (χ2n) is 6.89. The van der Waals surface area contributed by atoms with E-state index in [9.17, 15) is 4.79 Å². The number of aryl methyl sites for hydroxylation is 3. The molecule has 2 aromatic carbocycles. The van der Waals surface area contributed by atoms with E-state index in [-0.39, 0.29) is 5.91 Å². The molecule has 0 spiro atoms. The fraction of sp³-hybridized carbons (Fsp3) is 0.273. The number of rotatable bonds is 4. The van der Waals surface area contributed by atoms with Crippen LogP contribution in [-0.2, 0) is 0 Å². The van der Waals surface area contributed by atoms with Gasteiger partial charge >= 0.3 is 0 Å². The van der Waals surface area contributed by atoms with Crippen LogP contribution in [0.25, 0.3) is 11.4 Å². The first-order valence-corrected chi connectivity index (χ1v) is 8.91. The minimum atomic E-state index is -0.197. The summed E-state index contributed by atoms with van der Waals surface area (Å²) in [4.78, 5) is 17.7. The van der Waals surface area contributed by atoms with Crippen LogP contribution in [-0.4, -0.2) is 22.7 Å². The Morgan fingerprint density at radius 3 is 2.33 bits per heavy atom. The molecule has 0 unspecified atom stereocenters. The average Bonchev–Trinajstić information content (AvgIpc) is 2.89. The molecule has 1 aromatic heterocycles. The van der Waals surface area contributed by atoms with E-state index in [4.69, 9.17) is 4.74 Å². The van der Waals surface area contributed by atoms with Crippen molar-refractivity contribution in [3.63, 3.8) is 0 Å². The predicted octanol–water partition coefficient (Wildman–Crippen LogP) is 4.48. The van der Waals surface area contributed by atoms with Crippen LogP contribution in [0.3, 0.4) is 0 Å². The van der Waals surface area contributed by atoms with Crippen molar-refractivity contribution in [2.24, 2.45) is 0 Å². The van der Waals surface area contributed by atoms with Crippen LogP contribution in [0.2, 0.25) is 0 Å². The summed E-state index contributed by atoms with van der Waals surface area (Å²) in [5.74, 6) is 1.22. The van der Waals surface area contributed by atoms with E-state index in [2.05, 4.69) is 42.5 Å². The van der Waals surface area contributed by atoms with Crippen molar-refractivity contribution in [3.8, 4) is 17.1 Å². The third kappa shape index (κ3) is 3.58. The zero-order valence-corrected chi connectivity index (χ0v) is 16.7. The number of ether oxygens (including phenoxy) is 1. The van der Waals surface area contributed by atoms with Crippen LogP contribution in [0.5, 0.6) is 5.75 Å². The minimum Gasteiger partial charge on any atom is -0.496 e. The maximum Gasteiger partial charge on any atom is 0.270 e. The lowest BCUT2D eigenvalue weighted by molar-refractivity contribution is 0.101. The topological polar surface area (TPSA) is 56.1 Å². The van der Waals surface area contributed by atoms with Crippen LogP contribution in [0.15, 0.2) is 36.4 Å². The lowest BCUT2D eigenvalue weighted by atomic mass is 10.1. The molecule has 1 N–H and O–H groups in total. The first kappa shape index (κ1) is 18.7. The number of carbonyl (C=O) groups is 1. The quantitative estimate of drug-likeness (QED) is 0.743. The van der Waals surface area contributed by atoms with Crippen molar-refractivity contribution in [1.82, 2.24) is 9.66 Å². The molecule has 0 bridgehead atoms. The number of carbonyl (C=O) groups excluding carboxylic acids is 1. The number of aromatic nitrogens is 2. The summed E-state index contributed by atoms with van der Waals surface area (Å²) in [7, 11) is 1.60. The smallest absolute Gasteiger partial charge is 0.270 e. The molecule has 140 valence electrons. The van der Waals surface area contributed by atoms with Crippen molar-refractivity contribution >= 4 is 5.91 Å². The Kier molecular flexibility index (Phi) is 5.04. The van der Waals surface area contributed by atoms with Gasteiger partial charge in [0.1, 0.15) is 5.75 Å². The molecule has 3 aromatic rings. The largest absolute Gasteiger partial charge is 0.496 e. The molecular formula is C22H25N3O2. The monoisotopic (exact) mass is 363 g/mol. The second kappa shape index (κ2) is 7.27. The van der Waals surface area contributed by atoms with E-state index in [0.717, 1.165) is 39.5 Å². The highest BCUT2D eigenvalue weighted by Crippen LogP contribution is 2.25. The number of amides is 1. The molecule has 27 heavy (non-hydrogen) atoms. The van der Waals surface area contributed by atoms with Crippen LogP contribution in [0, 0.1) is 34.6 Å². The second-order valence-corrected chi connectivity index (χ2v) is 6.89. The van der Waals surface area contributed by atoms with Crippen molar-refractivity contribution in [2.75, 3.05) is 12.5 Å².